The first-order valence-electron chi connectivity index (χ1n) is 8.37. The molecule has 1 amide bonds. The number of nitrogens with zero attached hydrogens (tertiary/aromatic N) is 2. The molecule has 1 aliphatic rings. The topological polar surface area (TPSA) is 62.1 Å². The zero-order valence-corrected chi connectivity index (χ0v) is 15.3. The number of hydrogen-bond acceptors (Lipinski definition) is 5. The van der Waals surface area contributed by atoms with Crippen molar-refractivity contribution in [3.63, 3.8) is 0 Å². The number of thiazole rings is 1. The average molecular weight is 370 g/mol. The Balaban J connectivity index is 1.75. The Morgan fingerprint density at radius 2 is 2.04 bits per heavy atom. The summed E-state index contributed by atoms with van der Waals surface area (Å²) in [4.78, 5) is 17.6. The number of amides is 1. The molecular weight excluding hydrogens is 352 g/mol. The first kappa shape index (κ1) is 16.7. The Kier molecular flexibility index (Phi) is 4.38. The van der Waals surface area contributed by atoms with Crippen LogP contribution in [0.3, 0.4) is 0 Å². The van der Waals surface area contributed by atoms with Gasteiger partial charge in [0.15, 0.2) is 16.3 Å². The molecule has 0 N–H and O–H groups in total. The highest BCUT2D eigenvalue weighted by Gasteiger charge is 2.15. The molecule has 0 saturated heterocycles. The van der Waals surface area contributed by atoms with Gasteiger partial charge in [0.25, 0.3) is 5.91 Å². The molecule has 0 aliphatic carbocycles. The Bertz CT molecular complexity index is 1050. The highest BCUT2D eigenvalue weighted by atomic mass is 32.1. The van der Waals surface area contributed by atoms with Crippen LogP contribution in [0.25, 0.3) is 10.2 Å². The van der Waals surface area contributed by atoms with Crippen molar-refractivity contribution in [1.29, 1.82) is 0 Å². The molecular formula is C19H18N2O4S. The predicted molar refractivity (Wildman–Crippen MR) is 99.3 cm³/mol. The fourth-order valence-corrected chi connectivity index (χ4v) is 3.91. The third-order valence-corrected chi connectivity index (χ3v) is 5.17. The molecule has 0 fully saturated rings. The summed E-state index contributed by atoms with van der Waals surface area (Å²) in [6.45, 7) is 3.52. The molecule has 26 heavy (non-hydrogen) atoms. The lowest BCUT2D eigenvalue weighted by molar-refractivity contribution is 0.0996. The third-order valence-electron chi connectivity index (χ3n) is 4.07. The first-order chi connectivity index (χ1) is 12.7. The zero-order valence-electron chi connectivity index (χ0n) is 14.5. The van der Waals surface area contributed by atoms with Crippen molar-refractivity contribution in [2.75, 3.05) is 19.8 Å². The van der Waals surface area contributed by atoms with Crippen LogP contribution in [0.2, 0.25) is 0 Å². The minimum atomic E-state index is -0.318. The Labute approximate surface area is 154 Å². The highest BCUT2D eigenvalue weighted by Crippen LogP contribution is 2.31. The van der Waals surface area contributed by atoms with Crippen molar-refractivity contribution in [2.45, 2.75) is 6.92 Å². The van der Waals surface area contributed by atoms with Gasteiger partial charge in [-0.2, -0.15) is 4.99 Å². The van der Waals surface area contributed by atoms with Crippen molar-refractivity contribution < 1.29 is 19.0 Å². The van der Waals surface area contributed by atoms with Crippen molar-refractivity contribution in [2.24, 2.45) is 12.0 Å². The fourth-order valence-electron chi connectivity index (χ4n) is 2.88. The lowest BCUT2D eigenvalue weighted by Gasteiger charge is -2.18. The SMILES string of the molecule is CCOc1cccc2sc(=NC(=O)c3ccc4c(c3)OCCO4)n(C)c12. The largest absolute Gasteiger partial charge is 0.492 e. The number of ether oxygens (including phenoxy) is 3. The van der Waals surface area contributed by atoms with Crippen molar-refractivity contribution in [3.8, 4) is 17.2 Å². The van der Waals surface area contributed by atoms with Crippen LogP contribution < -0.4 is 19.0 Å². The number of hydrogen-bond donors (Lipinski definition) is 0. The molecule has 0 radical (unpaired) electrons. The van der Waals surface area contributed by atoms with E-state index in [4.69, 9.17) is 14.2 Å². The van der Waals surface area contributed by atoms with E-state index in [0.717, 1.165) is 16.0 Å². The van der Waals surface area contributed by atoms with E-state index < -0.39 is 0 Å². The maximum atomic E-state index is 12.6. The number of fused-ring (bicyclic) bond motifs is 2. The minimum Gasteiger partial charge on any atom is -0.492 e. The number of aromatic nitrogens is 1. The summed E-state index contributed by atoms with van der Waals surface area (Å²) in [6.07, 6.45) is 0. The number of aryl methyl sites for hydroxylation is 1. The van der Waals surface area contributed by atoms with Gasteiger partial charge in [0, 0.05) is 12.6 Å². The van der Waals surface area contributed by atoms with Crippen molar-refractivity contribution >= 4 is 27.5 Å². The first-order valence-corrected chi connectivity index (χ1v) is 9.19. The molecule has 0 saturated carbocycles. The quantitative estimate of drug-likeness (QED) is 0.711. The number of carbonyl (C=O) groups is 1. The Hall–Kier alpha value is -2.80. The second kappa shape index (κ2) is 6.84. The van der Waals surface area contributed by atoms with E-state index in [1.807, 2.05) is 36.7 Å². The summed E-state index contributed by atoms with van der Waals surface area (Å²) in [5, 5.41) is 0. The number of carbonyl (C=O) groups excluding carboxylic acids is 1. The van der Waals surface area contributed by atoms with E-state index >= 15 is 0 Å². The second-order valence-electron chi connectivity index (χ2n) is 5.75. The summed E-state index contributed by atoms with van der Waals surface area (Å²) < 4.78 is 19.6. The summed E-state index contributed by atoms with van der Waals surface area (Å²) in [7, 11) is 1.89. The van der Waals surface area contributed by atoms with Gasteiger partial charge in [-0.05, 0) is 37.3 Å². The molecule has 1 aromatic heterocycles. The Morgan fingerprint density at radius 1 is 1.23 bits per heavy atom. The van der Waals surface area contributed by atoms with Gasteiger partial charge in [0.05, 0.1) is 11.3 Å². The molecule has 0 unspecified atom stereocenters. The van der Waals surface area contributed by atoms with Crippen LogP contribution in [0.4, 0.5) is 0 Å². The van der Waals surface area contributed by atoms with Gasteiger partial charge in [-0.15, -0.1) is 0 Å². The second-order valence-corrected chi connectivity index (χ2v) is 6.76. The standard InChI is InChI=1S/C19H18N2O4S/c1-3-23-14-5-4-6-16-17(14)21(2)19(26-16)20-18(22)12-7-8-13-15(11-12)25-10-9-24-13/h4-8,11H,3,9-10H2,1-2H3. The fraction of sp³-hybridized carbons (Fsp3) is 0.263. The van der Waals surface area contributed by atoms with Crippen LogP contribution in [0.1, 0.15) is 17.3 Å². The molecule has 4 rings (SSSR count). The lowest BCUT2D eigenvalue weighted by atomic mass is 10.2. The number of rotatable bonds is 3. The normalized spacial score (nSPS) is 13.8. The van der Waals surface area contributed by atoms with E-state index in [-0.39, 0.29) is 5.91 Å². The smallest absolute Gasteiger partial charge is 0.279 e. The molecule has 2 heterocycles. The van der Waals surface area contributed by atoms with E-state index in [0.29, 0.717) is 41.7 Å². The van der Waals surface area contributed by atoms with Crippen LogP contribution in [0, 0.1) is 0 Å². The average Bonchev–Trinajstić information content (AvgIpc) is 2.98. The molecule has 1 aliphatic heterocycles. The minimum absolute atomic E-state index is 0.318. The number of para-hydroxylation sites is 1. The number of benzene rings is 2. The van der Waals surface area contributed by atoms with Crippen LogP contribution in [0.5, 0.6) is 17.2 Å². The van der Waals surface area contributed by atoms with Crippen LogP contribution in [-0.4, -0.2) is 30.3 Å². The molecule has 0 bridgehead atoms. The maximum Gasteiger partial charge on any atom is 0.279 e. The molecule has 0 atom stereocenters. The molecule has 2 aromatic carbocycles. The summed E-state index contributed by atoms with van der Waals surface area (Å²) >= 11 is 1.46. The molecule has 3 aromatic rings. The summed E-state index contributed by atoms with van der Waals surface area (Å²) in [5.74, 6) is 1.71. The summed E-state index contributed by atoms with van der Waals surface area (Å²) in [6, 6.07) is 11.0. The van der Waals surface area contributed by atoms with Gasteiger partial charge in [0.2, 0.25) is 0 Å². The van der Waals surface area contributed by atoms with Gasteiger partial charge < -0.3 is 18.8 Å². The Morgan fingerprint density at radius 3 is 2.85 bits per heavy atom. The molecule has 134 valence electrons. The van der Waals surface area contributed by atoms with E-state index in [9.17, 15) is 4.79 Å². The van der Waals surface area contributed by atoms with Gasteiger partial charge in [-0.1, -0.05) is 17.4 Å². The monoisotopic (exact) mass is 370 g/mol. The van der Waals surface area contributed by atoms with E-state index in [2.05, 4.69) is 4.99 Å². The molecule has 6 nitrogen and oxygen atoms in total. The van der Waals surface area contributed by atoms with Gasteiger partial charge >= 0.3 is 0 Å². The van der Waals surface area contributed by atoms with Crippen LogP contribution in [-0.2, 0) is 7.05 Å². The highest BCUT2D eigenvalue weighted by molar-refractivity contribution is 7.16. The zero-order chi connectivity index (χ0) is 18.1. The lowest BCUT2D eigenvalue weighted by Crippen LogP contribution is -2.16. The van der Waals surface area contributed by atoms with Crippen molar-refractivity contribution in [1.82, 2.24) is 4.57 Å². The van der Waals surface area contributed by atoms with Gasteiger partial charge in [-0.25, -0.2) is 0 Å². The van der Waals surface area contributed by atoms with Crippen LogP contribution in [0.15, 0.2) is 41.4 Å². The van der Waals surface area contributed by atoms with Crippen LogP contribution >= 0.6 is 11.3 Å². The van der Waals surface area contributed by atoms with E-state index in [1.165, 1.54) is 11.3 Å². The third kappa shape index (κ3) is 2.94. The van der Waals surface area contributed by atoms with Gasteiger partial charge in [-0.3, -0.25) is 4.79 Å². The van der Waals surface area contributed by atoms with Crippen molar-refractivity contribution in [3.05, 3.63) is 46.8 Å². The maximum absolute atomic E-state index is 12.6. The van der Waals surface area contributed by atoms with Gasteiger partial charge in [0.1, 0.15) is 24.5 Å². The molecule has 7 heteroatoms. The summed E-state index contributed by atoms with van der Waals surface area (Å²) in [5.41, 5.74) is 1.41. The predicted octanol–water partition coefficient (Wildman–Crippen LogP) is 3.15. The van der Waals surface area contributed by atoms with E-state index in [1.54, 1.807) is 18.2 Å². The molecule has 0 spiro atoms.